The molecule has 7 nitrogen and oxygen atoms in total. The summed E-state index contributed by atoms with van der Waals surface area (Å²) in [6.07, 6.45) is -5.32. The Balaban J connectivity index is 1.69. The van der Waals surface area contributed by atoms with Crippen LogP contribution in [0, 0.1) is 18.6 Å². The fourth-order valence-electron chi connectivity index (χ4n) is 3.87. The molecule has 4 rings (SSSR count). The van der Waals surface area contributed by atoms with Gasteiger partial charge >= 0.3 is 6.18 Å². The number of rotatable bonds is 7. The zero-order valence-electron chi connectivity index (χ0n) is 19.7. The van der Waals surface area contributed by atoms with Crippen molar-refractivity contribution in [2.45, 2.75) is 32.2 Å². The second kappa shape index (κ2) is 10.4. The SMILES string of the molecule is COc1cc2nc(C)nc(N[C@H](C)c3cc(F)cc(C(F)(F)F)c3F)c2cc1OC[C@@H]1COCCO1. The van der Waals surface area contributed by atoms with Crippen LogP contribution >= 0.6 is 0 Å². The predicted molar refractivity (Wildman–Crippen MR) is 120 cm³/mol. The van der Waals surface area contributed by atoms with E-state index in [1.807, 2.05) is 0 Å². The van der Waals surface area contributed by atoms with Gasteiger partial charge < -0.3 is 24.3 Å². The van der Waals surface area contributed by atoms with Crippen molar-refractivity contribution in [2.24, 2.45) is 0 Å². The molecule has 1 N–H and O–H groups in total. The van der Waals surface area contributed by atoms with Crippen molar-refractivity contribution in [3.05, 3.63) is 52.9 Å². The van der Waals surface area contributed by atoms with Crippen molar-refractivity contribution < 1.29 is 40.9 Å². The van der Waals surface area contributed by atoms with Crippen LogP contribution in [-0.2, 0) is 15.7 Å². The van der Waals surface area contributed by atoms with E-state index < -0.39 is 35.0 Å². The fraction of sp³-hybridized carbons (Fsp3) is 0.417. The monoisotopic (exact) mass is 513 g/mol. The Labute approximate surface area is 203 Å². The van der Waals surface area contributed by atoms with Crippen LogP contribution in [0.4, 0.5) is 27.8 Å². The maximum atomic E-state index is 14.7. The number of benzene rings is 2. The molecule has 0 bridgehead atoms. The third-order valence-electron chi connectivity index (χ3n) is 5.59. The minimum absolute atomic E-state index is 0.132. The molecule has 0 unspecified atom stereocenters. The van der Waals surface area contributed by atoms with Gasteiger partial charge in [0, 0.05) is 17.0 Å². The van der Waals surface area contributed by atoms with E-state index in [4.69, 9.17) is 18.9 Å². The highest BCUT2D eigenvalue weighted by Crippen LogP contribution is 2.38. The number of fused-ring (bicyclic) bond motifs is 1. The molecule has 1 aliphatic rings. The van der Waals surface area contributed by atoms with E-state index in [0.29, 0.717) is 48.0 Å². The molecule has 0 saturated carbocycles. The highest BCUT2D eigenvalue weighted by atomic mass is 19.4. The first-order valence-corrected chi connectivity index (χ1v) is 11.1. The van der Waals surface area contributed by atoms with Crippen molar-refractivity contribution in [1.82, 2.24) is 9.97 Å². The minimum atomic E-state index is -5.05. The van der Waals surface area contributed by atoms with Crippen molar-refractivity contribution in [2.75, 3.05) is 38.9 Å². The fourth-order valence-corrected chi connectivity index (χ4v) is 3.87. The standard InChI is InChI=1S/C24H24F5N3O4/c1-12(16-6-14(25)7-18(22(16)26)24(27,28)29)30-23-17-8-21(36-11-15-10-34-4-5-35-15)20(33-3)9-19(17)31-13(2)32-23/h6-9,12,15H,4-5,10-11H2,1-3H3,(H,30,31,32)/t12-,15+/m1/s1. The van der Waals surface area contributed by atoms with Crippen molar-refractivity contribution in [1.29, 1.82) is 0 Å². The third-order valence-corrected chi connectivity index (χ3v) is 5.59. The normalized spacial score (nSPS) is 17.2. The third kappa shape index (κ3) is 5.59. The van der Waals surface area contributed by atoms with E-state index in [0.717, 1.165) is 6.07 Å². The molecule has 3 aromatic rings. The van der Waals surface area contributed by atoms with Crippen LogP contribution in [0.2, 0.25) is 0 Å². The lowest BCUT2D eigenvalue weighted by atomic mass is 10.0. The number of ether oxygens (including phenoxy) is 4. The molecule has 1 aliphatic heterocycles. The first-order chi connectivity index (χ1) is 17.1. The molecule has 12 heteroatoms. The number of aromatic nitrogens is 2. The lowest BCUT2D eigenvalue weighted by molar-refractivity contribution is -0.140. The number of aryl methyl sites for hydroxylation is 1. The Morgan fingerprint density at radius 1 is 1.11 bits per heavy atom. The summed E-state index contributed by atoms with van der Waals surface area (Å²) in [7, 11) is 1.47. The highest BCUT2D eigenvalue weighted by Gasteiger charge is 2.36. The van der Waals surface area contributed by atoms with E-state index in [1.165, 1.54) is 14.0 Å². The molecule has 36 heavy (non-hydrogen) atoms. The van der Waals surface area contributed by atoms with Gasteiger partial charge in [-0.1, -0.05) is 0 Å². The number of hydrogen-bond donors (Lipinski definition) is 1. The Kier molecular flexibility index (Phi) is 7.46. The van der Waals surface area contributed by atoms with E-state index in [9.17, 15) is 22.0 Å². The van der Waals surface area contributed by atoms with Gasteiger partial charge in [-0.3, -0.25) is 0 Å². The molecule has 1 aromatic heterocycles. The van der Waals surface area contributed by atoms with E-state index in [-0.39, 0.29) is 24.6 Å². The van der Waals surface area contributed by atoms with E-state index >= 15 is 0 Å². The van der Waals surface area contributed by atoms with E-state index in [1.54, 1.807) is 19.1 Å². The number of hydrogen-bond acceptors (Lipinski definition) is 7. The van der Waals surface area contributed by atoms with Crippen LogP contribution < -0.4 is 14.8 Å². The molecule has 194 valence electrons. The highest BCUT2D eigenvalue weighted by molar-refractivity contribution is 5.92. The first-order valence-electron chi connectivity index (χ1n) is 11.1. The summed E-state index contributed by atoms with van der Waals surface area (Å²) < 4.78 is 90.5. The second-order valence-electron chi connectivity index (χ2n) is 8.24. The Morgan fingerprint density at radius 2 is 1.89 bits per heavy atom. The van der Waals surface area contributed by atoms with Crippen LogP contribution in [0.5, 0.6) is 11.5 Å². The van der Waals surface area contributed by atoms with E-state index in [2.05, 4.69) is 15.3 Å². The minimum Gasteiger partial charge on any atom is -0.493 e. The molecule has 0 spiro atoms. The number of alkyl halides is 3. The number of halogens is 5. The molecule has 2 heterocycles. The van der Waals surface area contributed by atoms with Gasteiger partial charge in [0.2, 0.25) is 0 Å². The maximum absolute atomic E-state index is 14.7. The molecule has 2 atom stereocenters. The largest absolute Gasteiger partial charge is 0.493 e. The Morgan fingerprint density at radius 3 is 2.56 bits per heavy atom. The zero-order chi connectivity index (χ0) is 26.0. The van der Waals surface area contributed by atoms with Crippen molar-refractivity contribution in [3.8, 4) is 11.5 Å². The summed E-state index contributed by atoms with van der Waals surface area (Å²) in [5.41, 5.74) is -1.72. The quantitative estimate of drug-likeness (QED) is 0.435. The molecule has 0 aliphatic carbocycles. The van der Waals surface area contributed by atoms with Crippen LogP contribution in [0.3, 0.4) is 0 Å². The van der Waals surface area contributed by atoms with Crippen LogP contribution in [0.15, 0.2) is 24.3 Å². The summed E-state index contributed by atoms with van der Waals surface area (Å²) in [6.45, 7) is 4.55. The summed E-state index contributed by atoms with van der Waals surface area (Å²) in [4.78, 5) is 8.71. The van der Waals surface area contributed by atoms with Gasteiger partial charge in [-0.2, -0.15) is 13.2 Å². The van der Waals surface area contributed by atoms with Gasteiger partial charge in [0.1, 0.15) is 36.0 Å². The van der Waals surface area contributed by atoms with Crippen LogP contribution in [0.1, 0.15) is 29.9 Å². The zero-order valence-corrected chi connectivity index (χ0v) is 19.7. The second-order valence-corrected chi connectivity index (χ2v) is 8.24. The number of nitrogens with one attached hydrogen (secondary N) is 1. The summed E-state index contributed by atoms with van der Waals surface area (Å²) in [5, 5.41) is 3.33. The number of nitrogens with zero attached hydrogens (tertiary/aromatic N) is 2. The van der Waals surface area contributed by atoms with Crippen molar-refractivity contribution >= 4 is 16.7 Å². The summed E-state index contributed by atoms with van der Waals surface area (Å²) in [5.74, 6) is -1.48. The topological polar surface area (TPSA) is 74.7 Å². The number of anilines is 1. The Hall–Kier alpha value is -3.25. The molecular weight excluding hydrogens is 489 g/mol. The lowest BCUT2D eigenvalue weighted by Crippen LogP contribution is -2.33. The molecule has 1 fully saturated rings. The molecule has 1 saturated heterocycles. The van der Waals surface area contributed by atoms with Crippen molar-refractivity contribution in [3.63, 3.8) is 0 Å². The number of methoxy groups -OCH3 is 1. The lowest BCUT2D eigenvalue weighted by Gasteiger charge is -2.23. The van der Waals surface area contributed by atoms with Gasteiger partial charge in [-0.25, -0.2) is 18.7 Å². The Bertz CT molecular complexity index is 1250. The van der Waals surface area contributed by atoms with Gasteiger partial charge in [-0.15, -0.1) is 0 Å². The van der Waals surface area contributed by atoms with Gasteiger partial charge in [-0.05, 0) is 32.0 Å². The smallest absolute Gasteiger partial charge is 0.419 e. The van der Waals surface area contributed by atoms with Gasteiger partial charge in [0.25, 0.3) is 0 Å². The maximum Gasteiger partial charge on any atom is 0.419 e. The summed E-state index contributed by atoms with van der Waals surface area (Å²) in [6, 6.07) is 3.01. The molecule has 0 radical (unpaired) electrons. The first kappa shape index (κ1) is 25.8. The summed E-state index contributed by atoms with van der Waals surface area (Å²) >= 11 is 0. The average Bonchev–Trinajstić information content (AvgIpc) is 2.83. The van der Waals surface area contributed by atoms with Gasteiger partial charge in [0.05, 0.1) is 44.1 Å². The average molecular weight is 513 g/mol. The van der Waals surface area contributed by atoms with Crippen LogP contribution in [0.25, 0.3) is 10.9 Å². The van der Waals surface area contributed by atoms with Gasteiger partial charge in [0.15, 0.2) is 11.5 Å². The molecule has 0 amide bonds. The molecule has 2 aromatic carbocycles. The molecular formula is C24H24F5N3O4. The van der Waals surface area contributed by atoms with Crippen LogP contribution in [-0.4, -0.2) is 49.6 Å². The predicted octanol–water partition coefficient (Wildman–Crippen LogP) is 5.21.